The molecule has 0 amide bonds. The summed E-state index contributed by atoms with van der Waals surface area (Å²) in [6.07, 6.45) is 5.59. The summed E-state index contributed by atoms with van der Waals surface area (Å²) in [5, 5.41) is 8.97. The van der Waals surface area contributed by atoms with Gasteiger partial charge in [-0.2, -0.15) is 0 Å². The van der Waals surface area contributed by atoms with Gasteiger partial charge in [0.15, 0.2) is 17.8 Å². The number of hydrogen-bond acceptors (Lipinski definition) is 4. The van der Waals surface area contributed by atoms with Crippen molar-refractivity contribution in [3.63, 3.8) is 0 Å². The monoisotopic (exact) mass is 273 g/mol. The summed E-state index contributed by atoms with van der Waals surface area (Å²) in [6, 6.07) is 6.01. The highest BCUT2D eigenvalue weighted by Crippen LogP contribution is 2.30. The maximum Gasteiger partial charge on any atom is 0.358 e. The summed E-state index contributed by atoms with van der Waals surface area (Å²) in [7, 11) is 0. The fourth-order valence-corrected chi connectivity index (χ4v) is 2.57. The fourth-order valence-electron chi connectivity index (χ4n) is 2.57. The first-order chi connectivity index (χ1) is 9.75. The number of nitrogens with zero attached hydrogens (tertiary/aromatic N) is 1. The molecule has 1 aromatic carbocycles. The molecule has 0 aliphatic heterocycles. The third-order valence-electron chi connectivity index (χ3n) is 3.56. The first kappa shape index (κ1) is 12.7. The second-order valence-electron chi connectivity index (χ2n) is 4.82. The van der Waals surface area contributed by atoms with Gasteiger partial charge < -0.3 is 14.3 Å². The molecule has 0 bridgehead atoms. The highest BCUT2D eigenvalue weighted by atomic mass is 16.5. The van der Waals surface area contributed by atoms with Crippen LogP contribution < -0.4 is 4.74 Å². The van der Waals surface area contributed by atoms with E-state index < -0.39 is 5.97 Å². The van der Waals surface area contributed by atoms with Crippen LogP contribution in [0.5, 0.6) is 5.75 Å². The Balaban J connectivity index is 1.79. The zero-order valence-corrected chi connectivity index (χ0v) is 11.0. The summed E-state index contributed by atoms with van der Waals surface area (Å²) >= 11 is 0. The van der Waals surface area contributed by atoms with Crippen molar-refractivity contribution in [3.05, 3.63) is 47.2 Å². The Kier molecular flexibility index (Phi) is 3.41. The van der Waals surface area contributed by atoms with Gasteiger partial charge in [0.2, 0.25) is 0 Å². The van der Waals surface area contributed by atoms with Gasteiger partial charge in [0, 0.05) is 0 Å². The van der Waals surface area contributed by atoms with E-state index in [1.54, 1.807) is 0 Å². The van der Waals surface area contributed by atoms with Crippen molar-refractivity contribution in [1.82, 2.24) is 4.98 Å². The highest BCUT2D eigenvalue weighted by molar-refractivity contribution is 5.86. The number of hydrogen-bond donors (Lipinski definition) is 1. The lowest BCUT2D eigenvalue weighted by atomic mass is 9.91. The summed E-state index contributed by atoms with van der Waals surface area (Å²) in [6.45, 7) is 0.0814. The normalized spacial score (nSPS) is 13.8. The van der Waals surface area contributed by atoms with Crippen molar-refractivity contribution < 1.29 is 19.1 Å². The van der Waals surface area contributed by atoms with E-state index in [0.717, 1.165) is 31.4 Å². The first-order valence-corrected chi connectivity index (χ1v) is 6.65. The van der Waals surface area contributed by atoms with E-state index in [1.807, 2.05) is 12.1 Å². The van der Waals surface area contributed by atoms with E-state index in [9.17, 15) is 4.79 Å². The van der Waals surface area contributed by atoms with Gasteiger partial charge in [-0.25, -0.2) is 9.78 Å². The molecule has 0 saturated carbocycles. The molecule has 1 N–H and O–H groups in total. The number of aryl methyl sites for hydroxylation is 1. The Morgan fingerprint density at radius 3 is 3.05 bits per heavy atom. The Morgan fingerprint density at radius 1 is 1.35 bits per heavy atom. The SMILES string of the molecule is O=C(O)c1ncoc1COc1cccc2c1CCCC2. The van der Waals surface area contributed by atoms with Gasteiger partial charge >= 0.3 is 5.97 Å². The average Bonchev–Trinajstić information content (AvgIpc) is 2.93. The Morgan fingerprint density at radius 2 is 2.20 bits per heavy atom. The molecule has 3 rings (SSSR count). The number of oxazole rings is 1. The van der Waals surface area contributed by atoms with E-state index in [2.05, 4.69) is 11.1 Å². The topological polar surface area (TPSA) is 72.6 Å². The summed E-state index contributed by atoms with van der Waals surface area (Å²) < 4.78 is 10.8. The van der Waals surface area contributed by atoms with Crippen molar-refractivity contribution in [2.45, 2.75) is 32.3 Å². The number of carboxylic acid groups (broad SMARTS) is 1. The number of ether oxygens (including phenoxy) is 1. The van der Waals surface area contributed by atoms with Gasteiger partial charge in [-0.05, 0) is 42.9 Å². The zero-order valence-electron chi connectivity index (χ0n) is 11.0. The smallest absolute Gasteiger partial charge is 0.358 e. The molecule has 0 fully saturated rings. The van der Waals surface area contributed by atoms with Crippen LogP contribution in [0.4, 0.5) is 0 Å². The quantitative estimate of drug-likeness (QED) is 0.927. The van der Waals surface area contributed by atoms with Gasteiger partial charge in [-0.15, -0.1) is 0 Å². The number of benzene rings is 1. The molecule has 20 heavy (non-hydrogen) atoms. The van der Waals surface area contributed by atoms with Gasteiger partial charge in [-0.1, -0.05) is 12.1 Å². The Bertz CT molecular complexity index is 633. The second-order valence-corrected chi connectivity index (χ2v) is 4.82. The fraction of sp³-hybridized carbons (Fsp3) is 0.333. The van der Waals surface area contributed by atoms with Gasteiger partial charge in [0.25, 0.3) is 0 Å². The zero-order chi connectivity index (χ0) is 13.9. The maximum absolute atomic E-state index is 10.9. The molecule has 1 aliphatic carbocycles. The van der Waals surface area contributed by atoms with Crippen LogP contribution in [0.1, 0.15) is 40.2 Å². The number of fused-ring (bicyclic) bond motifs is 1. The number of carbonyl (C=O) groups is 1. The minimum Gasteiger partial charge on any atom is -0.485 e. The van der Waals surface area contributed by atoms with Crippen molar-refractivity contribution in [1.29, 1.82) is 0 Å². The van der Waals surface area contributed by atoms with Crippen molar-refractivity contribution in [2.75, 3.05) is 0 Å². The molecular weight excluding hydrogens is 258 g/mol. The van der Waals surface area contributed by atoms with Crippen LogP contribution in [0, 0.1) is 0 Å². The third kappa shape index (κ3) is 2.39. The largest absolute Gasteiger partial charge is 0.485 e. The average molecular weight is 273 g/mol. The lowest BCUT2D eigenvalue weighted by Gasteiger charge is -2.19. The molecule has 1 aliphatic rings. The van der Waals surface area contributed by atoms with Crippen LogP contribution in [-0.4, -0.2) is 16.1 Å². The molecule has 5 nitrogen and oxygen atoms in total. The molecule has 5 heteroatoms. The Labute approximate surface area is 116 Å². The number of carboxylic acids is 1. The van der Waals surface area contributed by atoms with Gasteiger partial charge in [0.05, 0.1) is 0 Å². The molecule has 0 saturated heterocycles. The summed E-state index contributed by atoms with van der Waals surface area (Å²) in [5.74, 6) is -0.0479. The highest BCUT2D eigenvalue weighted by Gasteiger charge is 2.18. The lowest BCUT2D eigenvalue weighted by molar-refractivity contribution is 0.0686. The van der Waals surface area contributed by atoms with E-state index in [0.29, 0.717) is 0 Å². The Hall–Kier alpha value is -2.30. The van der Waals surface area contributed by atoms with Crippen LogP contribution in [0.25, 0.3) is 0 Å². The van der Waals surface area contributed by atoms with Gasteiger partial charge in [0.1, 0.15) is 12.4 Å². The predicted octanol–water partition coefficient (Wildman–Crippen LogP) is 2.83. The number of rotatable bonds is 4. The molecule has 0 radical (unpaired) electrons. The van der Waals surface area contributed by atoms with E-state index >= 15 is 0 Å². The molecule has 0 atom stereocenters. The van der Waals surface area contributed by atoms with Crippen LogP contribution in [0.3, 0.4) is 0 Å². The van der Waals surface area contributed by atoms with Crippen LogP contribution in [0.2, 0.25) is 0 Å². The maximum atomic E-state index is 10.9. The van der Waals surface area contributed by atoms with Crippen LogP contribution >= 0.6 is 0 Å². The van der Waals surface area contributed by atoms with E-state index in [4.69, 9.17) is 14.3 Å². The minimum absolute atomic E-state index is 0.0814. The molecule has 1 heterocycles. The second kappa shape index (κ2) is 5.36. The predicted molar refractivity (Wildman–Crippen MR) is 70.9 cm³/mol. The van der Waals surface area contributed by atoms with Crippen LogP contribution in [0.15, 0.2) is 29.0 Å². The standard InChI is InChI=1S/C15H15NO4/c17-15(18)14-13(20-9-16-14)8-19-12-7-3-5-10-4-1-2-6-11(10)12/h3,5,7,9H,1-2,4,6,8H2,(H,17,18). The summed E-state index contributed by atoms with van der Waals surface area (Å²) in [4.78, 5) is 14.6. The first-order valence-electron chi connectivity index (χ1n) is 6.65. The molecular formula is C15H15NO4. The number of aromatic nitrogens is 1. The lowest BCUT2D eigenvalue weighted by Crippen LogP contribution is -2.08. The number of aromatic carboxylic acids is 1. The molecule has 2 aromatic rings. The molecule has 1 aromatic heterocycles. The van der Waals surface area contributed by atoms with E-state index in [-0.39, 0.29) is 18.1 Å². The molecule has 0 unspecified atom stereocenters. The molecule has 104 valence electrons. The van der Waals surface area contributed by atoms with Crippen LogP contribution in [-0.2, 0) is 19.4 Å². The molecule has 0 spiro atoms. The minimum atomic E-state index is -1.10. The van der Waals surface area contributed by atoms with Crippen molar-refractivity contribution in [3.8, 4) is 5.75 Å². The third-order valence-corrected chi connectivity index (χ3v) is 3.56. The van der Waals surface area contributed by atoms with E-state index in [1.165, 1.54) is 17.5 Å². The summed E-state index contributed by atoms with van der Waals surface area (Å²) in [5.41, 5.74) is 2.47. The van der Waals surface area contributed by atoms with Crippen molar-refractivity contribution in [2.24, 2.45) is 0 Å². The van der Waals surface area contributed by atoms with Crippen molar-refractivity contribution >= 4 is 5.97 Å². The van der Waals surface area contributed by atoms with Gasteiger partial charge in [-0.3, -0.25) is 0 Å².